The highest BCUT2D eigenvalue weighted by atomic mass is 19.1. The zero-order chi connectivity index (χ0) is 12.3. The van der Waals surface area contributed by atoms with Crippen molar-refractivity contribution in [2.75, 3.05) is 24.2 Å². The van der Waals surface area contributed by atoms with Crippen LogP contribution in [0.2, 0.25) is 0 Å². The average molecular weight is 243 g/mol. The van der Waals surface area contributed by atoms with E-state index in [4.69, 9.17) is 10.5 Å². The maximum Gasteiger partial charge on any atom is 0.168 e. The van der Waals surface area contributed by atoms with E-state index in [2.05, 4.69) is 10.3 Å². The van der Waals surface area contributed by atoms with Crippen LogP contribution in [0.15, 0.2) is 6.07 Å². The molecular formula is C11H15F2N3O. The Morgan fingerprint density at radius 1 is 1.41 bits per heavy atom. The molecule has 0 aliphatic carbocycles. The summed E-state index contributed by atoms with van der Waals surface area (Å²) >= 11 is 0. The minimum absolute atomic E-state index is 0.0296. The number of pyridine rings is 1. The lowest BCUT2D eigenvalue weighted by molar-refractivity contribution is 0.0247. The van der Waals surface area contributed by atoms with Crippen molar-refractivity contribution in [2.24, 2.45) is 0 Å². The molecule has 0 radical (unpaired) electrons. The summed E-state index contributed by atoms with van der Waals surface area (Å²) in [7, 11) is 0. The van der Waals surface area contributed by atoms with Crippen LogP contribution in [0.1, 0.15) is 19.3 Å². The first kappa shape index (κ1) is 12.0. The van der Waals surface area contributed by atoms with Crippen LogP contribution >= 0.6 is 0 Å². The van der Waals surface area contributed by atoms with E-state index < -0.39 is 11.6 Å². The van der Waals surface area contributed by atoms with Crippen LogP contribution in [0.5, 0.6) is 0 Å². The van der Waals surface area contributed by atoms with Gasteiger partial charge in [-0.25, -0.2) is 13.8 Å². The van der Waals surface area contributed by atoms with Gasteiger partial charge in [0.05, 0.1) is 6.10 Å². The number of hydrogen-bond donors (Lipinski definition) is 2. The molecule has 0 saturated carbocycles. The number of hydrogen-bond acceptors (Lipinski definition) is 4. The number of aromatic nitrogens is 1. The van der Waals surface area contributed by atoms with Crippen LogP contribution < -0.4 is 11.1 Å². The maximum atomic E-state index is 13.3. The minimum atomic E-state index is -0.845. The van der Waals surface area contributed by atoms with Crippen LogP contribution in [0.4, 0.5) is 20.4 Å². The number of nitrogen functional groups attached to an aromatic ring is 1. The highest BCUT2D eigenvalue weighted by Crippen LogP contribution is 2.18. The smallest absolute Gasteiger partial charge is 0.168 e. The summed E-state index contributed by atoms with van der Waals surface area (Å²) in [6.07, 6.45) is 3.15. The number of ether oxygens (including phenoxy) is 1. The predicted molar refractivity (Wildman–Crippen MR) is 60.6 cm³/mol. The van der Waals surface area contributed by atoms with Crippen molar-refractivity contribution in [2.45, 2.75) is 25.4 Å². The molecule has 1 aromatic rings. The molecule has 1 atom stereocenters. The van der Waals surface area contributed by atoms with Gasteiger partial charge in [0.25, 0.3) is 0 Å². The van der Waals surface area contributed by atoms with Crippen LogP contribution in [0.3, 0.4) is 0 Å². The van der Waals surface area contributed by atoms with Gasteiger partial charge >= 0.3 is 0 Å². The summed E-state index contributed by atoms with van der Waals surface area (Å²) < 4.78 is 31.7. The molecule has 1 unspecified atom stereocenters. The van der Waals surface area contributed by atoms with E-state index in [9.17, 15) is 8.78 Å². The molecule has 0 aromatic carbocycles. The molecule has 2 heterocycles. The van der Waals surface area contributed by atoms with Crippen molar-refractivity contribution in [3.05, 3.63) is 17.7 Å². The van der Waals surface area contributed by atoms with Gasteiger partial charge in [0.15, 0.2) is 23.3 Å². The lowest BCUT2D eigenvalue weighted by Crippen LogP contribution is -2.27. The molecule has 1 saturated heterocycles. The number of nitrogens with two attached hydrogens (primary N) is 1. The second-order valence-electron chi connectivity index (χ2n) is 4.06. The Hall–Kier alpha value is -1.43. The molecule has 2 rings (SSSR count). The van der Waals surface area contributed by atoms with Crippen molar-refractivity contribution in [3.63, 3.8) is 0 Å². The standard InChI is InChI=1S/C11H15F2N3O/c12-8-5-9(13)11(16-10(8)14)15-6-7-3-1-2-4-17-7/h5,7H,1-4,6H2,(H3,14,15,16). The largest absolute Gasteiger partial charge is 0.381 e. The molecule has 6 heteroatoms. The summed E-state index contributed by atoms with van der Waals surface area (Å²) in [5.74, 6) is -1.92. The summed E-state index contributed by atoms with van der Waals surface area (Å²) in [5, 5.41) is 2.79. The van der Waals surface area contributed by atoms with E-state index in [-0.39, 0.29) is 17.7 Å². The molecule has 17 heavy (non-hydrogen) atoms. The topological polar surface area (TPSA) is 60.2 Å². The van der Waals surface area contributed by atoms with Gasteiger partial charge in [-0.2, -0.15) is 0 Å². The second kappa shape index (κ2) is 5.27. The van der Waals surface area contributed by atoms with E-state index in [0.717, 1.165) is 31.9 Å². The van der Waals surface area contributed by atoms with Gasteiger partial charge in [-0.3, -0.25) is 0 Å². The fourth-order valence-corrected chi connectivity index (χ4v) is 1.78. The van der Waals surface area contributed by atoms with Gasteiger partial charge in [0.2, 0.25) is 0 Å². The first-order valence-corrected chi connectivity index (χ1v) is 5.64. The minimum Gasteiger partial charge on any atom is -0.381 e. The van der Waals surface area contributed by atoms with E-state index in [1.807, 2.05) is 0 Å². The van der Waals surface area contributed by atoms with Gasteiger partial charge in [-0.1, -0.05) is 0 Å². The third-order valence-corrected chi connectivity index (χ3v) is 2.73. The van der Waals surface area contributed by atoms with Crippen molar-refractivity contribution in [3.8, 4) is 0 Å². The van der Waals surface area contributed by atoms with Crippen LogP contribution in [0.25, 0.3) is 0 Å². The van der Waals surface area contributed by atoms with Crippen LogP contribution in [-0.2, 0) is 4.74 Å². The molecule has 1 aromatic heterocycles. The highest BCUT2D eigenvalue weighted by molar-refractivity contribution is 5.44. The normalized spacial score (nSPS) is 20.2. The van der Waals surface area contributed by atoms with Gasteiger partial charge in [-0.15, -0.1) is 0 Å². The van der Waals surface area contributed by atoms with Crippen molar-refractivity contribution < 1.29 is 13.5 Å². The quantitative estimate of drug-likeness (QED) is 0.851. The molecule has 0 amide bonds. The zero-order valence-electron chi connectivity index (χ0n) is 9.38. The van der Waals surface area contributed by atoms with Gasteiger partial charge < -0.3 is 15.8 Å². The Kier molecular flexibility index (Phi) is 3.73. The lowest BCUT2D eigenvalue weighted by atomic mass is 10.1. The molecule has 0 bridgehead atoms. The molecule has 1 fully saturated rings. The van der Waals surface area contributed by atoms with E-state index in [0.29, 0.717) is 6.54 Å². The van der Waals surface area contributed by atoms with Crippen molar-refractivity contribution in [1.82, 2.24) is 4.98 Å². The van der Waals surface area contributed by atoms with Crippen LogP contribution in [0, 0.1) is 11.6 Å². The molecule has 3 N–H and O–H groups in total. The fourth-order valence-electron chi connectivity index (χ4n) is 1.78. The molecule has 4 nitrogen and oxygen atoms in total. The highest BCUT2D eigenvalue weighted by Gasteiger charge is 2.15. The predicted octanol–water partition coefficient (Wildman–Crippen LogP) is 1.92. The van der Waals surface area contributed by atoms with Gasteiger partial charge in [0, 0.05) is 19.2 Å². The first-order valence-electron chi connectivity index (χ1n) is 5.64. The number of nitrogens with zero attached hydrogens (tertiary/aromatic N) is 1. The van der Waals surface area contributed by atoms with Crippen molar-refractivity contribution >= 4 is 11.6 Å². The third-order valence-electron chi connectivity index (χ3n) is 2.73. The summed E-state index contributed by atoms with van der Waals surface area (Å²) in [5.41, 5.74) is 5.27. The molecule has 1 aliphatic rings. The Morgan fingerprint density at radius 2 is 2.24 bits per heavy atom. The Bertz CT molecular complexity index is 395. The molecule has 0 spiro atoms. The van der Waals surface area contributed by atoms with Gasteiger partial charge in [-0.05, 0) is 19.3 Å². The van der Waals surface area contributed by atoms with E-state index >= 15 is 0 Å². The summed E-state index contributed by atoms with van der Waals surface area (Å²) in [6, 6.07) is 0.729. The number of anilines is 2. The molecule has 94 valence electrons. The number of halogens is 2. The summed E-state index contributed by atoms with van der Waals surface area (Å²) in [6.45, 7) is 1.18. The Balaban J connectivity index is 1.96. The van der Waals surface area contributed by atoms with E-state index in [1.54, 1.807) is 0 Å². The zero-order valence-corrected chi connectivity index (χ0v) is 9.38. The lowest BCUT2D eigenvalue weighted by Gasteiger charge is -2.23. The number of rotatable bonds is 3. The maximum absolute atomic E-state index is 13.3. The molecular weight excluding hydrogens is 228 g/mol. The van der Waals surface area contributed by atoms with Gasteiger partial charge in [0.1, 0.15) is 0 Å². The SMILES string of the molecule is Nc1nc(NCC2CCCCO2)c(F)cc1F. The third kappa shape index (κ3) is 3.03. The second-order valence-corrected chi connectivity index (χ2v) is 4.06. The monoisotopic (exact) mass is 243 g/mol. The van der Waals surface area contributed by atoms with E-state index in [1.165, 1.54) is 0 Å². The van der Waals surface area contributed by atoms with Crippen molar-refractivity contribution in [1.29, 1.82) is 0 Å². The van der Waals surface area contributed by atoms with Crippen LogP contribution in [-0.4, -0.2) is 24.2 Å². The number of nitrogens with one attached hydrogen (secondary N) is 1. The Labute approximate surface area is 98.2 Å². The fraction of sp³-hybridized carbons (Fsp3) is 0.545. The average Bonchev–Trinajstić information content (AvgIpc) is 2.33. The molecule has 1 aliphatic heterocycles. The Morgan fingerprint density at radius 3 is 2.94 bits per heavy atom. The summed E-state index contributed by atoms with van der Waals surface area (Å²) in [4.78, 5) is 3.62. The first-order chi connectivity index (χ1) is 8.16.